The molecule has 0 fully saturated rings. The molecule has 0 aliphatic heterocycles. The van der Waals surface area contributed by atoms with Crippen LogP contribution in [0.5, 0.6) is 0 Å². The van der Waals surface area contributed by atoms with E-state index in [0.717, 1.165) is 0 Å². The lowest BCUT2D eigenvalue weighted by atomic mass is 10.2. The molecule has 3 aromatic rings. The highest BCUT2D eigenvalue weighted by Gasteiger charge is 2.17. The second-order valence-corrected chi connectivity index (χ2v) is 6.50. The van der Waals surface area contributed by atoms with E-state index < -0.39 is 21.5 Å². The Bertz CT molecular complexity index is 1070. The van der Waals surface area contributed by atoms with E-state index in [2.05, 4.69) is 10.3 Å². The number of nitro groups is 1. The maximum atomic E-state index is 12.3. The highest BCUT2D eigenvalue weighted by Crippen LogP contribution is 2.24. The zero-order valence-corrected chi connectivity index (χ0v) is 14.3. The van der Waals surface area contributed by atoms with Crippen LogP contribution in [0.25, 0.3) is 11.0 Å². The van der Waals surface area contributed by atoms with Crippen molar-refractivity contribution in [1.82, 2.24) is 9.55 Å². The summed E-state index contributed by atoms with van der Waals surface area (Å²) in [5.74, 6) is -0.525. The Morgan fingerprint density at radius 3 is 2.73 bits per heavy atom. The molecule has 9 nitrogen and oxygen atoms in total. The molecule has 3 rings (SSSR count). The molecule has 26 heavy (non-hydrogen) atoms. The molecule has 1 aromatic heterocycles. The fraction of sp³-hybridized carbons (Fsp3) is 0.125. The van der Waals surface area contributed by atoms with E-state index >= 15 is 0 Å². The van der Waals surface area contributed by atoms with Crippen molar-refractivity contribution in [2.75, 3.05) is 5.32 Å². The lowest BCUT2D eigenvalue weighted by Gasteiger charge is -2.08. The normalized spacial score (nSPS) is 11.0. The lowest BCUT2D eigenvalue weighted by Crippen LogP contribution is -2.18. The monoisotopic (exact) mass is 374 g/mol. The van der Waals surface area contributed by atoms with Gasteiger partial charge in [0.1, 0.15) is 22.8 Å². The van der Waals surface area contributed by atoms with Crippen molar-refractivity contribution in [1.29, 1.82) is 0 Å². The van der Waals surface area contributed by atoms with Gasteiger partial charge in [-0.25, -0.2) is 13.4 Å². The number of nitrogens with one attached hydrogen (secondary N) is 1. The van der Waals surface area contributed by atoms with Crippen molar-refractivity contribution < 1.29 is 18.1 Å². The summed E-state index contributed by atoms with van der Waals surface area (Å²) in [6.07, 6.45) is 1.37. The Morgan fingerprint density at radius 1 is 1.23 bits per heavy atom. The molecule has 1 heterocycles. The topological polar surface area (TPSA) is 124 Å². The van der Waals surface area contributed by atoms with E-state index in [1.165, 1.54) is 23.0 Å². The molecule has 0 saturated carbocycles. The van der Waals surface area contributed by atoms with Gasteiger partial charge in [0, 0.05) is 11.8 Å². The minimum absolute atomic E-state index is 0.114. The minimum atomic E-state index is -2.56. The van der Waals surface area contributed by atoms with Crippen molar-refractivity contribution in [2.24, 2.45) is 0 Å². The van der Waals surface area contributed by atoms with Gasteiger partial charge in [-0.2, -0.15) is 0 Å². The van der Waals surface area contributed by atoms with Crippen LogP contribution in [0, 0.1) is 10.1 Å². The summed E-state index contributed by atoms with van der Waals surface area (Å²) < 4.78 is 23.0. The first kappa shape index (κ1) is 17.5. The van der Waals surface area contributed by atoms with Gasteiger partial charge in [0.25, 0.3) is 5.69 Å². The van der Waals surface area contributed by atoms with Gasteiger partial charge in [-0.15, -0.1) is 0 Å². The molecule has 0 atom stereocenters. The number of thiol groups is 1. The number of imidazole rings is 1. The maximum absolute atomic E-state index is 12.3. The molecule has 0 saturated heterocycles. The van der Waals surface area contributed by atoms with Crippen molar-refractivity contribution in [3.63, 3.8) is 0 Å². The van der Waals surface area contributed by atoms with Crippen LogP contribution in [-0.4, -0.2) is 28.8 Å². The van der Waals surface area contributed by atoms with Crippen molar-refractivity contribution >= 4 is 39.0 Å². The number of nitro benzene ring substituents is 1. The quantitative estimate of drug-likeness (QED) is 0.384. The molecule has 0 unspecified atom stereocenters. The number of anilines is 1. The van der Waals surface area contributed by atoms with Crippen molar-refractivity contribution in [3.05, 3.63) is 64.5 Å². The number of hydrogen-bond donors (Lipinski definition) is 2. The first-order valence-corrected chi connectivity index (χ1v) is 8.89. The molecule has 0 aliphatic carbocycles. The summed E-state index contributed by atoms with van der Waals surface area (Å²) in [6.45, 7) is -0.165. The van der Waals surface area contributed by atoms with Gasteiger partial charge < -0.3 is 9.88 Å². The van der Waals surface area contributed by atoms with E-state index in [4.69, 9.17) is 0 Å². The Morgan fingerprint density at radius 2 is 2.00 bits per heavy atom. The van der Waals surface area contributed by atoms with Gasteiger partial charge in [0.05, 0.1) is 22.5 Å². The SMILES string of the molecule is O=C(Cn1cnc2cccc([N+](=O)[O-])c21)Nc1cccc(C[SH](=O)=O)c1. The second kappa shape index (κ2) is 7.31. The lowest BCUT2D eigenvalue weighted by molar-refractivity contribution is -0.383. The number of benzene rings is 2. The third-order valence-corrected chi connectivity index (χ3v) is 4.27. The van der Waals surface area contributed by atoms with Crippen LogP contribution in [0.4, 0.5) is 11.4 Å². The summed E-state index contributed by atoms with van der Waals surface area (Å²) in [7, 11) is -2.56. The molecule has 1 N–H and O–H groups in total. The number of carbonyl (C=O) groups is 1. The molecular weight excluding hydrogens is 360 g/mol. The van der Waals surface area contributed by atoms with Crippen molar-refractivity contribution in [2.45, 2.75) is 12.3 Å². The van der Waals surface area contributed by atoms with E-state index in [9.17, 15) is 23.3 Å². The highest BCUT2D eigenvalue weighted by molar-refractivity contribution is 7.71. The second-order valence-electron chi connectivity index (χ2n) is 5.51. The molecule has 0 radical (unpaired) electrons. The standard InChI is InChI=1S/C16H14N4O5S/c21-15(18-12-4-1-3-11(7-12)9-26(24)25)8-19-10-17-13-5-2-6-14(16(13)19)20(22)23/h1-7,10,26H,8-9H2,(H,18,21). The zero-order valence-electron chi connectivity index (χ0n) is 13.4. The van der Waals surface area contributed by atoms with Crippen LogP contribution >= 0.6 is 0 Å². The summed E-state index contributed by atoms with van der Waals surface area (Å²) in [4.78, 5) is 27.0. The summed E-state index contributed by atoms with van der Waals surface area (Å²) >= 11 is 0. The number of nitrogens with zero attached hydrogens (tertiary/aromatic N) is 3. The number of hydrogen-bond acceptors (Lipinski definition) is 6. The average Bonchev–Trinajstić information content (AvgIpc) is 2.97. The van der Waals surface area contributed by atoms with Gasteiger partial charge in [-0.3, -0.25) is 14.9 Å². The molecule has 2 aromatic carbocycles. The van der Waals surface area contributed by atoms with E-state index in [0.29, 0.717) is 16.8 Å². The number of non-ortho nitro benzene ring substituents is 1. The third-order valence-electron chi connectivity index (χ3n) is 3.65. The Balaban J connectivity index is 1.81. The number of fused-ring (bicyclic) bond motifs is 1. The molecular formula is C16H14N4O5S. The van der Waals surface area contributed by atoms with E-state index in [-0.39, 0.29) is 23.5 Å². The Hall–Kier alpha value is -3.27. The van der Waals surface area contributed by atoms with E-state index in [1.54, 1.807) is 30.3 Å². The van der Waals surface area contributed by atoms with Gasteiger partial charge in [-0.05, 0) is 23.8 Å². The zero-order chi connectivity index (χ0) is 18.7. The van der Waals surface area contributed by atoms with Crippen molar-refractivity contribution in [3.8, 4) is 0 Å². The van der Waals surface area contributed by atoms with Gasteiger partial charge in [0.2, 0.25) is 5.91 Å². The molecule has 0 bridgehead atoms. The summed E-state index contributed by atoms with van der Waals surface area (Å²) in [5.41, 5.74) is 1.57. The largest absolute Gasteiger partial charge is 0.325 e. The third kappa shape index (κ3) is 3.86. The predicted molar refractivity (Wildman–Crippen MR) is 95.5 cm³/mol. The predicted octanol–water partition coefficient (Wildman–Crippen LogP) is 1.69. The molecule has 134 valence electrons. The van der Waals surface area contributed by atoms with E-state index in [1.807, 2.05) is 0 Å². The maximum Gasteiger partial charge on any atom is 0.295 e. The van der Waals surface area contributed by atoms with Gasteiger partial charge in [0.15, 0.2) is 0 Å². The van der Waals surface area contributed by atoms with Crippen LogP contribution in [0.2, 0.25) is 0 Å². The number of rotatable bonds is 6. The van der Waals surface area contributed by atoms with Crippen LogP contribution in [0.1, 0.15) is 5.56 Å². The van der Waals surface area contributed by atoms with Crippen LogP contribution in [0.3, 0.4) is 0 Å². The van der Waals surface area contributed by atoms with Crippen LogP contribution in [-0.2, 0) is 27.8 Å². The molecule has 0 spiro atoms. The molecule has 1 amide bonds. The first-order valence-electron chi connectivity index (χ1n) is 7.53. The van der Waals surface area contributed by atoms with Crippen LogP contribution < -0.4 is 5.32 Å². The molecule has 10 heteroatoms. The molecule has 0 aliphatic rings. The van der Waals surface area contributed by atoms with Gasteiger partial charge in [-0.1, -0.05) is 18.2 Å². The minimum Gasteiger partial charge on any atom is -0.325 e. The van der Waals surface area contributed by atoms with Gasteiger partial charge >= 0.3 is 0 Å². The fourth-order valence-electron chi connectivity index (χ4n) is 2.63. The number of carbonyl (C=O) groups excluding carboxylic acids is 1. The highest BCUT2D eigenvalue weighted by atomic mass is 32.2. The number of amides is 1. The number of aromatic nitrogens is 2. The first-order chi connectivity index (χ1) is 12.4. The Labute approximate surface area is 149 Å². The van der Waals surface area contributed by atoms with Crippen LogP contribution in [0.15, 0.2) is 48.8 Å². The summed E-state index contributed by atoms with van der Waals surface area (Å²) in [6, 6.07) is 11.0. The fourth-order valence-corrected chi connectivity index (χ4v) is 3.12. The Kier molecular flexibility index (Phi) is 4.94. The number of para-hydroxylation sites is 1. The summed E-state index contributed by atoms with van der Waals surface area (Å²) in [5, 5.41) is 13.8. The smallest absolute Gasteiger partial charge is 0.295 e. The average molecular weight is 374 g/mol.